The summed E-state index contributed by atoms with van der Waals surface area (Å²) < 4.78 is 7.95. The summed E-state index contributed by atoms with van der Waals surface area (Å²) in [5.74, 6) is 2.09. The van der Waals surface area contributed by atoms with E-state index in [0.717, 1.165) is 28.0 Å². The van der Waals surface area contributed by atoms with Gasteiger partial charge in [0.15, 0.2) is 11.0 Å². The third-order valence-electron chi connectivity index (χ3n) is 4.51. The van der Waals surface area contributed by atoms with Crippen LogP contribution in [-0.2, 0) is 12.4 Å². The Bertz CT molecular complexity index is 1110. The van der Waals surface area contributed by atoms with E-state index < -0.39 is 0 Å². The molecule has 0 saturated heterocycles. The molecule has 30 heavy (non-hydrogen) atoms. The van der Waals surface area contributed by atoms with Gasteiger partial charge in [0.25, 0.3) is 0 Å². The van der Waals surface area contributed by atoms with Crippen LogP contribution in [0.1, 0.15) is 17.0 Å². The molecule has 1 heterocycles. The summed E-state index contributed by atoms with van der Waals surface area (Å²) in [4.78, 5) is 0. The number of nitrogens with zero attached hydrogens (tertiary/aromatic N) is 3. The predicted octanol–water partition coefficient (Wildman–Crippen LogP) is 6.75. The molecule has 7 heteroatoms. The Morgan fingerprint density at radius 1 is 0.867 bits per heavy atom. The second-order valence-electron chi connectivity index (χ2n) is 6.66. The Morgan fingerprint density at radius 3 is 2.27 bits per heavy atom. The van der Waals surface area contributed by atoms with Gasteiger partial charge in [-0.2, -0.15) is 0 Å². The zero-order chi connectivity index (χ0) is 20.9. The van der Waals surface area contributed by atoms with E-state index in [-0.39, 0.29) is 0 Å². The van der Waals surface area contributed by atoms with Crippen molar-refractivity contribution < 1.29 is 4.74 Å². The lowest BCUT2D eigenvalue weighted by atomic mass is 10.2. The van der Waals surface area contributed by atoms with Crippen LogP contribution in [0.4, 0.5) is 0 Å². The van der Waals surface area contributed by atoms with Gasteiger partial charge in [0, 0.05) is 21.5 Å². The van der Waals surface area contributed by atoms with Crippen molar-refractivity contribution in [2.24, 2.45) is 0 Å². The molecule has 0 amide bonds. The fourth-order valence-corrected chi connectivity index (χ4v) is 4.63. The van der Waals surface area contributed by atoms with E-state index in [1.165, 1.54) is 17.3 Å². The predicted molar refractivity (Wildman–Crippen MR) is 123 cm³/mol. The third kappa shape index (κ3) is 4.81. The number of ether oxygens (including phenoxy) is 1. The van der Waals surface area contributed by atoms with Crippen LogP contribution in [0.15, 0.2) is 78.0 Å². The first-order valence-electron chi connectivity index (χ1n) is 9.36. The SMILES string of the molecule is Cc1ccc(OCc2nnc(SCc3c(Cl)cccc3Cl)n2-c2ccccc2)cc1. The monoisotopic (exact) mass is 455 g/mol. The van der Waals surface area contributed by atoms with Crippen LogP contribution in [0.3, 0.4) is 0 Å². The van der Waals surface area contributed by atoms with Gasteiger partial charge in [-0.3, -0.25) is 4.57 Å². The largest absolute Gasteiger partial charge is 0.486 e. The summed E-state index contributed by atoms with van der Waals surface area (Å²) in [6.07, 6.45) is 0. The summed E-state index contributed by atoms with van der Waals surface area (Å²) in [6, 6.07) is 23.4. The molecule has 0 radical (unpaired) electrons. The molecule has 0 aliphatic carbocycles. The molecule has 4 nitrogen and oxygen atoms in total. The van der Waals surface area contributed by atoms with Gasteiger partial charge in [0.05, 0.1) is 0 Å². The summed E-state index contributed by atoms with van der Waals surface area (Å²) in [7, 11) is 0. The fraction of sp³-hybridized carbons (Fsp3) is 0.130. The summed E-state index contributed by atoms with van der Waals surface area (Å²) in [6.45, 7) is 2.35. The second-order valence-corrected chi connectivity index (χ2v) is 8.42. The highest BCUT2D eigenvalue weighted by atomic mass is 35.5. The van der Waals surface area contributed by atoms with Crippen LogP contribution in [0.5, 0.6) is 5.75 Å². The van der Waals surface area contributed by atoms with Gasteiger partial charge in [0.1, 0.15) is 12.4 Å². The minimum absolute atomic E-state index is 0.304. The Morgan fingerprint density at radius 2 is 1.57 bits per heavy atom. The van der Waals surface area contributed by atoms with Gasteiger partial charge in [0.2, 0.25) is 0 Å². The lowest BCUT2D eigenvalue weighted by Crippen LogP contribution is -2.06. The topological polar surface area (TPSA) is 39.9 Å². The molecule has 4 aromatic rings. The van der Waals surface area contributed by atoms with Crippen molar-refractivity contribution in [2.45, 2.75) is 24.4 Å². The van der Waals surface area contributed by atoms with E-state index in [2.05, 4.69) is 10.2 Å². The van der Waals surface area contributed by atoms with Crippen LogP contribution in [0.25, 0.3) is 5.69 Å². The molecular formula is C23H19Cl2N3OS. The lowest BCUT2D eigenvalue weighted by Gasteiger charge is -2.12. The van der Waals surface area contributed by atoms with E-state index in [1.807, 2.05) is 84.3 Å². The molecule has 4 rings (SSSR count). The van der Waals surface area contributed by atoms with Crippen molar-refractivity contribution in [1.29, 1.82) is 0 Å². The number of rotatable bonds is 7. The average Bonchev–Trinajstić information content (AvgIpc) is 3.16. The number of benzene rings is 3. The molecule has 152 valence electrons. The molecule has 0 unspecified atom stereocenters. The molecule has 0 spiro atoms. The number of hydrogen-bond donors (Lipinski definition) is 0. The lowest BCUT2D eigenvalue weighted by molar-refractivity contribution is 0.293. The highest BCUT2D eigenvalue weighted by Gasteiger charge is 2.16. The molecule has 3 aromatic carbocycles. The number of aryl methyl sites for hydroxylation is 1. The maximum atomic E-state index is 6.33. The van der Waals surface area contributed by atoms with E-state index in [9.17, 15) is 0 Å². The van der Waals surface area contributed by atoms with Crippen LogP contribution in [0.2, 0.25) is 10.0 Å². The van der Waals surface area contributed by atoms with Crippen molar-refractivity contribution in [3.63, 3.8) is 0 Å². The van der Waals surface area contributed by atoms with Gasteiger partial charge in [-0.25, -0.2) is 0 Å². The van der Waals surface area contributed by atoms with Gasteiger partial charge >= 0.3 is 0 Å². The molecule has 0 aliphatic heterocycles. The molecule has 0 saturated carbocycles. The van der Waals surface area contributed by atoms with Gasteiger partial charge < -0.3 is 4.74 Å². The van der Waals surface area contributed by atoms with Crippen molar-refractivity contribution in [2.75, 3.05) is 0 Å². The second kappa shape index (κ2) is 9.56. The minimum Gasteiger partial charge on any atom is -0.486 e. The Hall–Kier alpha value is -2.47. The summed E-state index contributed by atoms with van der Waals surface area (Å²) in [5, 5.41) is 10.8. The van der Waals surface area contributed by atoms with Crippen LogP contribution >= 0.6 is 35.0 Å². The zero-order valence-electron chi connectivity index (χ0n) is 16.3. The zero-order valence-corrected chi connectivity index (χ0v) is 18.6. The molecular weight excluding hydrogens is 437 g/mol. The molecule has 0 fully saturated rings. The van der Waals surface area contributed by atoms with Gasteiger partial charge in [-0.05, 0) is 48.9 Å². The van der Waals surface area contributed by atoms with Crippen LogP contribution in [-0.4, -0.2) is 14.8 Å². The highest BCUT2D eigenvalue weighted by molar-refractivity contribution is 7.98. The number of hydrogen-bond acceptors (Lipinski definition) is 4. The summed E-state index contributed by atoms with van der Waals surface area (Å²) >= 11 is 14.2. The minimum atomic E-state index is 0.304. The normalized spacial score (nSPS) is 10.9. The number of halogens is 2. The first-order chi connectivity index (χ1) is 14.6. The molecule has 0 bridgehead atoms. The molecule has 0 N–H and O–H groups in total. The third-order valence-corrected chi connectivity index (χ3v) is 6.17. The van der Waals surface area contributed by atoms with Crippen molar-refractivity contribution in [3.8, 4) is 11.4 Å². The maximum absolute atomic E-state index is 6.33. The van der Waals surface area contributed by atoms with Crippen molar-refractivity contribution >= 4 is 35.0 Å². The number of thioether (sulfide) groups is 1. The van der Waals surface area contributed by atoms with E-state index in [1.54, 1.807) is 0 Å². The van der Waals surface area contributed by atoms with Gasteiger partial charge in [-0.1, -0.05) is 76.9 Å². The van der Waals surface area contributed by atoms with E-state index in [4.69, 9.17) is 27.9 Å². The van der Waals surface area contributed by atoms with Crippen LogP contribution in [0, 0.1) is 6.92 Å². The highest BCUT2D eigenvalue weighted by Crippen LogP contribution is 2.32. The Labute approximate surface area is 189 Å². The van der Waals surface area contributed by atoms with E-state index >= 15 is 0 Å². The van der Waals surface area contributed by atoms with Crippen molar-refractivity contribution in [1.82, 2.24) is 14.8 Å². The Kier molecular flexibility index (Phi) is 6.62. The quantitative estimate of drug-likeness (QED) is 0.288. The fourth-order valence-electron chi connectivity index (χ4n) is 2.91. The van der Waals surface area contributed by atoms with Crippen LogP contribution < -0.4 is 4.74 Å². The number of para-hydroxylation sites is 1. The smallest absolute Gasteiger partial charge is 0.196 e. The van der Waals surface area contributed by atoms with Gasteiger partial charge in [-0.15, -0.1) is 10.2 Å². The number of aromatic nitrogens is 3. The molecule has 1 aromatic heterocycles. The molecule has 0 aliphatic rings. The molecule has 0 atom stereocenters. The Balaban J connectivity index is 1.60. The van der Waals surface area contributed by atoms with E-state index in [0.29, 0.717) is 22.4 Å². The van der Waals surface area contributed by atoms with Crippen molar-refractivity contribution in [3.05, 3.63) is 99.8 Å². The summed E-state index contributed by atoms with van der Waals surface area (Å²) in [5.41, 5.74) is 3.04. The standard InChI is InChI=1S/C23H19Cl2N3OS/c1-16-10-12-18(13-11-16)29-14-22-26-27-23(28(22)17-6-3-2-4-7-17)30-15-19-20(24)8-5-9-21(19)25/h2-13H,14-15H2,1H3. The maximum Gasteiger partial charge on any atom is 0.196 e. The first kappa shape index (κ1) is 20.8. The average molecular weight is 456 g/mol. The first-order valence-corrected chi connectivity index (χ1v) is 11.1.